The zero-order valence-electron chi connectivity index (χ0n) is 9.82. The van der Waals surface area contributed by atoms with Gasteiger partial charge < -0.3 is 9.68 Å². The summed E-state index contributed by atoms with van der Waals surface area (Å²) in [5.41, 5.74) is 2.36. The summed E-state index contributed by atoms with van der Waals surface area (Å²) in [5, 5.41) is 9.43. The van der Waals surface area contributed by atoms with Gasteiger partial charge in [-0.3, -0.25) is 4.57 Å². The van der Waals surface area contributed by atoms with E-state index in [2.05, 4.69) is 4.98 Å². The summed E-state index contributed by atoms with van der Waals surface area (Å²) < 4.78 is 6.81. The fourth-order valence-corrected chi connectivity index (χ4v) is 2.22. The van der Waals surface area contributed by atoms with Gasteiger partial charge in [-0.15, -0.1) is 0 Å². The highest BCUT2D eigenvalue weighted by molar-refractivity contribution is 6.32. The van der Waals surface area contributed by atoms with Gasteiger partial charge in [0, 0.05) is 0 Å². The molecule has 19 heavy (non-hydrogen) atoms. The Hall–Kier alpha value is -1.98. The van der Waals surface area contributed by atoms with Gasteiger partial charge in [-0.05, 0) is 24.3 Å². The predicted octanol–water partition coefficient (Wildman–Crippen LogP) is 2.58. The summed E-state index contributed by atoms with van der Waals surface area (Å²) >= 11 is 6.21. The molecule has 1 heterocycles. The van der Waals surface area contributed by atoms with Crippen molar-refractivity contribution in [1.29, 1.82) is 0 Å². The molecule has 1 radical (unpaired) electrons. The van der Waals surface area contributed by atoms with Crippen LogP contribution in [0.1, 0.15) is 0 Å². The van der Waals surface area contributed by atoms with Crippen molar-refractivity contribution in [3.63, 3.8) is 0 Å². The molecule has 2 aromatic carbocycles. The second kappa shape index (κ2) is 4.95. The zero-order chi connectivity index (χ0) is 13.2. The molecule has 0 spiro atoms. The van der Waals surface area contributed by atoms with Gasteiger partial charge in [0.25, 0.3) is 6.01 Å². The molecule has 0 fully saturated rings. The fraction of sp³-hybridized carbons (Fsp3) is 0. The molecule has 6 heteroatoms. The SMILES string of the molecule is O[B]Oc1nc2ccccc2n1-c1ccccc1Cl. The Labute approximate surface area is 115 Å². The molecular formula is C13H9BClN2O2. The molecule has 0 amide bonds. The van der Waals surface area contributed by atoms with Crippen LogP contribution in [0.4, 0.5) is 0 Å². The average molecular weight is 271 g/mol. The van der Waals surface area contributed by atoms with E-state index in [1.165, 1.54) is 0 Å². The van der Waals surface area contributed by atoms with Gasteiger partial charge in [0.05, 0.1) is 21.7 Å². The lowest BCUT2D eigenvalue weighted by Crippen LogP contribution is -2.06. The van der Waals surface area contributed by atoms with Crippen LogP contribution in [0.2, 0.25) is 5.02 Å². The second-order valence-electron chi connectivity index (χ2n) is 3.89. The van der Waals surface area contributed by atoms with E-state index in [0.29, 0.717) is 12.7 Å². The molecule has 0 unspecified atom stereocenters. The van der Waals surface area contributed by atoms with Gasteiger partial charge in [-0.2, -0.15) is 4.98 Å². The molecule has 3 rings (SSSR count). The largest absolute Gasteiger partial charge is 0.571 e. The summed E-state index contributed by atoms with van der Waals surface area (Å²) in [6.07, 6.45) is 0. The molecule has 0 saturated carbocycles. The average Bonchev–Trinajstić information content (AvgIpc) is 2.78. The Morgan fingerprint density at radius 3 is 2.63 bits per heavy atom. The Balaban J connectivity index is 2.31. The lowest BCUT2D eigenvalue weighted by atomic mass is 10.3. The van der Waals surface area contributed by atoms with Gasteiger partial charge in [0.15, 0.2) is 0 Å². The van der Waals surface area contributed by atoms with E-state index in [0.717, 1.165) is 16.7 Å². The van der Waals surface area contributed by atoms with Crippen molar-refractivity contribution in [2.45, 2.75) is 0 Å². The molecule has 4 nitrogen and oxygen atoms in total. The molecule has 1 aromatic heterocycles. The van der Waals surface area contributed by atoms with Crippen molar-refractivity contribution in [1.82, 2.24) is 9.55 Å². The van der Waals surface area contributed by atoms with Crippen LogP contribution < -0.4 is 4.65 Å². The maximum Gasteiger partial charge on any atom is 0.571 e. The maximum atomic E-state index is 8.85. The molecule has 0 aliphatic heterocycles. The number of halogens is 1. The van der Waals surface area contributed by atoms with Crippen LogP contribution >= 0.6 is 11.6 Å². The van der Waals surface area contributed by atoms with Crippen molar-refractivity contribution in [2.24, 2.45) is 0 Å². The molecule has 93 valence electrons. The van der Waals surface area contributed by atoms with Crippen LogP contribution in [-0.4, -0.2) is 22.3 Å². The molecular weight excluding hydrogens is 262 g/mol. The normalized spacial score (nSPS) is 10.6. The fourth-order valence-electron chi connectivity index (χ4n) is 2.00. The minimum absolute atomic E-state index is 0.261. The summed E-state index contributed by atoms with van der Waals surface area (Å²) in [6, 6.07) is 15.2. The molecule has 0 atom stereocenters. The topological polar surface area (TPSA) is 47.3 Å². The van der Waals surface area contributed by atoms with E-state index in [1.807, 2.05) is 42.5 Å². The van der Waals surface area contributed by atoms with Crippen molar-refractivity contribution in [3.8, 4) is 11.7 Å². The zero-order valence-corrected chi connectivity index (χ0v) is 10.6. The number of hydrogen-bond donors (Lipinski definition) is 1. The van der Waals surface area contributed by atoms with Crippen LogP contribution in [0.3, 0.4) is 0 Å². The summed E-state index contributed by atoms with van der Waals surface area (Å²) in [4.78, 5) is 4.31. The molecule has 0 aliphatic carbocycles. The van der Waals surface area contributed by atoms with E-state index in [1.54, 1.807) is 10.6 Å². The van der Waals surface area contributed by atoms with Crippen LogP contribution in [0, 0.1) is 0 Å². The number of imidazole rings is 1. The highest BCUT2D eigenvalue weighted by atomic mass is 35.5. The first-order valence-electron chi connectivity index (χ1n) is 5.66. The second-order valence-corrected chi connectivity index (χ2v) is 4.30. The van der Waals surface area contributed by atoms with E-state index in [-0.39, 0.29) is 6.01 Å². The summed E-state index contributed by atoms with van der Waals surface area (Å²) in [6.45, 7) is 0. The Morgan fingerprint density at radius 2 is 1.84 bits per heavy atom. The van der Waals surface area contributed by atoms with E-state index >= 15 is 0 Å². The standard InChI is InChI=1S/C13H9BClN2O2/c15-9-5-1-3-7-11(9)17-12-8-4-2-6-10(12)16-13(17)19-14-18/h1-8,18H. The lowest BCUT2D eigenvalue weighted by Gasteiger charge is -2.10. The van der Waals surface area contributed by atoms with Gasteiger partial charge in [0.2, 0.25) is 0 Å². The lowest BCUT2D eigenvalue weighted by molar-refractivity contribution is 0.428. The minimum atomic E-state index is 0.261. The predicted molar refractivity (Wildman–Crippen MR) is 74.7 cm³/mol. The third-order valence-corrected chi connectivity index (χ3v) is 3.10. The van der Waals surface area contributed by atoms with E-state index in [4.69, 9.17) is 21.3 Å². The number of para-hydroxylation sites is 3. The number of hydrogen-bond acceptors (Lipinski definition) is 3. The third kappa shape index (κ3) is 2.07. The van der Waals surface area contributed by atoms with Gasteiger partial charge in [-0.25, -0.2) is 0 Å². The van der Waals surface area contributed by atoms with Gasteiger partial charge in [0.1, 0.15) is 0 Å². The first-order chi connectivity index (χ1) is 9.31. The number of aromatic nitrogens is 2. The van der Waals surface area contributed by atoms with Crippen molar-refractivity contribution < 1.29 is 9.68 Å². The smallest absolute Gasteiger partial charge is 0.510 e. The maximum absolute atomic E-state index is 8.85. The summed E-state index contributed by atoms with van der Waals surface area (Å²) in [7, 11) is 0.606. The van der Waals surface area contributed by atoms with Gasteiger partial charge >= 0.3 is 7.69 Å². The van der Waals surface area contributed by atoms with Crippen LogP contribution in [0.5, 0.6) is 6.01 Å². The van der Waals surface area contributed by atoms with Crippen molar-refractivity contribution in [2.75, 3.05) is 0 Å². The van der Waals surface area contributed by atoms with Crippen LogP contribution in [0.25, 0.3) is 16.7 Å². The minimum Gasteiger partial charge on any atom is -0.510 e. The quantitative estimate of drug-likeness (QED) is 0.745. The number of benzene rings is 2. The number of nitrogens with zero attached hydrogens (tertiary/aromatic N) is 2. The molecule has 1 N–H and O–H groups in total. The molecule has 0 bridgehead atoms. The Bertz CT molecular complexity index is 729. The summed E-state index contributed by atoms with van der Waals surface area (Å²) in [5.74, 6) is 0. The number of fused-ring (bicyclic) bond motifs is 1. The first-order valence-corrected chi connectivity index (χ1v) is 6.04. The van der Waals surface area contributed by atoms with Crippen LogP contribution in [0.15, 0.2) is 48.5 Å². The van der Waals surface area contributed by atoms with Gasteiger partial charge in [-0.1, -0.05) is 35.9 Å². The van der Waals surface area contributed by atoms with Crippen molar-refractivity contribution >= 4 is 30.3 Å². The Kier molecular flexibility index (Phi) is 3.15. The highest BCUT2D eigenvalue weighted by Gasteiger charge is 2.15. The van der Waals surface area contributed by atoms with E-state index in [9.17, 15) is 0 Å². The third-order valence-electron chi connectivity index (χ3n) is 2.78. The highest BCUT2D eigenvalue weighted by Crippen LogP contribution is 2.29. The first kappa shape index (κ1) is 12.1. The monoisotopic (exact) mass is 271 g/mol. The molecule has 0 aliphatic rings. The van der Waals surface area contributed by atoms with E-state index < -0.39 is 0 Å². The van der Waals surface area contributed by atoms with Crippen LogP contribution in [-0.2, 0) is 0 Å². The Morgan fingerprint density at radius 1 is 1.11 bits per heavy atom. The molecule has 3 aromatic rings. The number of rotatable bonds is 3. The molecule has 0 saturated heterocycles. The van der Waals surface area contributed by atoms with Crippen molar-refractivity contribution in [3.05, 3.63) is 53.6 Å².